The lowest BCUT2D eigenvalue weighted by molar-refractivity contribution is -0.137. The Morgan fingerprint density at radius 2 is 1.86 bits per heavy atom. The predicted octanol–water partition coefficient (Wildman–Crippen LogP) is 4.10. The van der Waals surface area contributed by atoms with Crippen molar-refractivity contribution in [1.82, 2.24) is 0 Å². The van der Waals surface area contributed by atoms with Crippen molar-refractivity contribution in [2.75, 3.05) is 0 Å². The van der Waals surface area contributed by atoms with E-state index in [1.54, 1.807) is 6.92 Å². The zero-order valence-corrected chi connectivity index (χ0v) is 12.3. The maximum absolute atomic E-state index is 13.1. The van der Waals surface area contributed by atoms with E-state index in [1.165, 1.54) is 18.2 Å². The first-order chi connectivity index (χ1) is 9.71. The summed E-state index contributed by atoms with van der Waals surface area (Å²) in [6.07, 6.45) is -4.71. The van der Waals surface area contributed by atoms with Crippen LogP contribution in [0.15, 0.2) is 35.2 Å². The van der Waals surface area contributed by atoms with E-state index in [0.717, 1.165) is 12.1 Å². The average Bonchev–Trinajstić information content (AvgIpc) is 2.36. The van der Waals surface area contributed by atoms with Gasteiger partial charge in [0.25, 0.3) is 0 Å². The molecule has 0 amide bonds. The van der Waals surface area contributed by atoms with E-state index in [2.05, 4.69) is 6.07 Å². The van der Waals surface area contributed by atoms with Gasteiger partial charge in [-0.2, -0.15) is 13.2 Å². The Kier molecular flexibility index (Phi) is 4.30. The Labute approximate surface area is 126 Å². The van der Waals surface area contributed by atoms with Gasteiger partial charge in [-0.05, 0) is 42.3 Å². The molecule has 2 rings (SSSR count). The molecule has 0 heterocycles. The quantitative estimate of drug-likeness (QED) is 0.839. The molecule has 0 aliphatic heterocycles. The number of rotatable bonds is 2. The molecule has 2 nitrogen and oxygen atoms in total. The van der Waals surface area contributed by atoms with Crippen molar-refractivity contribution in [2.24, 2.45) is 0 Å². The zero-order valence-electron chi connectivity index (χ0n) is 10.7. The molecule has 111 valence electrons. The van der Waals surface area contributed by atoms with Gasteiger partial charge in [-0.3, -0.25) is 0 Å². The van der Waals surface area contributed by atoms with Gasteiger partial charge in [-0.1, -0.05) is 23.7 Å². The SMILES string of the molecule is Cc1cc(Cl)ccc1-c1c(C(F)(F)F)[c]ccc1[SH](=O)=O. The molecule has 0 bridgehead atoms. The van der Waals surface area contributed by atoms with Crippen molar-refractivity contribution >= 4 is 22.3 Å². The minimum atomic E-state index is -4.71. The van der Waals surface area contributed by atoms with Crippen LogP contribution in [-0.2, 0) is 16.9 Å². The molecule has 7 heteroatoms. The van der Waals surface area contributed by atoms with Gasteiger partial charge in [0.15, 0.2) is 10.7 Å². The second-order valence-corrected chi connectivity index (χ2v) is 5.76. The summed E-state index contributed by atoms with van der Waals surface area (Å²) in [6.45, 7) is 1.57. The smallest absolute Gasteiger partial charge is 0.227 e. The molecule has 0 spiro atoms. The van der Waals surface area contributed by atoms with Crippen molar-refractivity contribution in [3.63, 3.8) is 0 Å². The Morgan fingerprint density at radius 1 is 1.19 bits per heavy atom. The summed E-state index contributed by atoms with van der Waals surface area (Å²) >= 11 is 5.79. The van der Waals surface area contributed by atoms with Crippen LogP contribution in [0, 0.1) is 13.0 Å². The highest BCUT2D eigenvalue weighted by atomic mass is 35.5. The summed E-state index contributed by atoms with van der Waals surface area (Å²) in [5.74, 6) is 0. The molecule has 0 saturated heterocycles. The number of thiol groups is 1. The van der Waals surface area contributed by atoms with Crippen LogP contribution < -0.4 is 0 Å². The lowest BCUT2D eigenvalue weighted by Crippen LogP contribution is -2.09. The molecule has 0 aromatic heterocycles. The molecule has 2 aromatic rings. The van der Waals surface area contributed by atoms with Crippen molar-refractivity contribution < 1.29 is 21.6 Å². The van der Waals surface area contributed by atoms with E-state index in [1.807, 2.05) is 0 Å². The first-order valence-electron chi connectivity index (χ1n) is 5.74. The third-order valence-corrected chi connectivity index (χ3v) is 3.91. The number of alkyl halides is 3. The van der Waals surface area contributed by atoms with Gasteiger partial charge < -0.3 is 0 Å². The summed E-state index contributed by atoms with van der Waals surface area (Å²) in [4.78, 5) is -0.388. The van der Waals surface area contributed by atoms with Gasteiger partial charge in [-0.25, -0.2) is 8.42 Å². The van der Waals surface area contributed by atoms with E-state index in [9.17, 15) is 21.6 Å². The monoisotopic (exact) mass is 333 g/mol. The van der Waals surface area contributed by atoms with Crippen LogP contribution in [0.5, 0.6) is 0 Å². The molecule has 21 heavy (non-hydrogen) atoms. The number of aryl methyl sites for hydroxylation is 1. The van der Waals surface area contributed by atoms with Crippen molar-refractivity contribution in [2.45, 2.75) is 18.0 Å². The average molecular weight is 334 g/mol. The maximum Gasteiger partial charge on any atom is 0.417 e. The van der Waals surface area contributed by atoms with E-state index < -0.39 is 28.0 Å². The molecule has 2 aromatic carbocycles. The van der Waals surface area contributed by atoms with Crippen LogP contribution in [0.1, 0.15) is 11.1 Å². The molecule has 0 saturated carbocycles. The molecular weight excluding hydrogens is 325 g/mol. The van der Waals surface area contributed by atoms with Crippen molar-refractivity contribution in [1.29, 1.82) is 0 Å². The van der Waals surface area contributed by atoms with E-state index in [-0.39, 0.29) is 10.5 Å². The molecule has 0 N–H and O–H groups in total. The fourth-order valence-electron chi connectivity index (χ4n) is 2.04. The molecule has 0 atom stereocenters. The van der Waals surface area contributed by atoms with Crippen molar-refractivity contribution in [3.05, 3.63) is 52.5 Å². The zero-order chi connectivity index (χ0) is 15.8. The van der Waals surface area contributed by atoms with E-state index >= 15 is 0 Å². The van der Waals surface area contributed by atoms with Gasteiger partial charge in [0, 0.05) is 10.6 Å². The molecule has 0 aliphatic carbocycles. The lowest BCUT2D eigenvalue weighted by Gasteiger charge is -2.16. The fourth-order valence-corrected chi connectivity index (χ4v) is 2.88. The third kappa shape index (κ3) is 3.22. The second kappa shape index (κ2) is 5.69. The van der Waals surface area contributed by atoms with Gasteiger partial charge in [0.1, 0.15) is 0 Å². The van der Waals surface area contributed by atoms with Crippen molar-refractivity contribution in [3.8, 4) is 11.1 Å². The molecule has 0 aliphatic rings. The topological polar surface area (TPSA) is 34.1 Å². The lowest BCUT2D eigenvalue weighted by atomic mass is 9.95. The van der Waals surface area contributed by atoms with Gasteiger partial charge in [0.05, 0.1) is 10.5 Å². The minimum absolute atomic E-state index is 0.165. The van der Waals surface area contributed by atoms with Gasteiger partial charge in [-0.15, -0.1) is 0 Å². The minimum Gasteiger partial charge on any atom is -0.227 e. The summed E-state index contributed by atoms with van der Waals surface area (Å²) in [6, 6.07) is 8.41. The van der Waals surface area contributed by atoms with Crippen LogP contribution in [0.2, 0.25) is 5.02 Å². The Hall–Kier alpha value is -1.53. The highest BCUT2D eigenvalue weighted by molar-refractivity contribution is 7.72. The standard InChI is InChI=1S/C14H9ClF3O2S/c1-8-7-9(15)5-6-10(8)13-11(14(16,17)18)3-2-4-12(13)21(19)20/h2,4-7,21H,1H3. The second-order valence-electron chi connectivity index (χ2n) is 4.33. The third-order valence-electron chi connectivity index (χ3n) is 2.91. The van der Waals surface area contributed by atoms with Gasteiger partial charge in [0.2, 0.25) is 0 Å². The molecule has 1 radical (unpaired) electrons. The molecule has 0 unspecified atom stereocenters. The van der Waals surface area contributed by atoms with Crippen LogP contribution in [-0.4, -0.2) is 8.42 Å². The van der Waals surface area contributed by atoms with E-state index in [0.29, 0.717) is 10.6 Å². The Bertz CT molecular complexity index is 759. The highest BCUT2D eigenvalue weighted by Gasteiger charge is 2.35. The predicted molar refractivity (Wildman–Crippen MR) is 74.0 cm³/mol. The number of hydrogen-bond acceptors (Lipinski definition) is 2. The normalized spacial score (nSPS) is 11.9. The Balaban J connectivity index is 2.88. The fraction of sp³-hybridized carbons (Fsp3) is 0.143. The van der Waals surface area contributed by atoms with Crippen LogP contribution in [0.25, 0.3) is 11.1 Å². The molecule has 0 fully saturated rings. The summed E-state index contributed by atoms with van der Waals surface area (Å²) < 4.78 is 62.0. The van der Waals surface area contributed by atoms with Crippen LogP contribution >= 0.6 is 11.6 Å². The van der Waals surface area contributed by atoms with E-state index in [4.69, 9.17) is 11.6 Å². The summed E-state index contributed by atoms with van der Waals surface area (Å²) in [5.41, 5.74) is -0.886. The van der Waals surface area contributed by atoms with Crippen LogP contribution in [0.4, 0.5) is 13.2 Å². The maximum atomic E-state index is 13.1. The highest BCUT2D eigenvalue weighted by Crippen LogP contribution is 2.40. The largest absolute Gasteiger partial charge is 0.417 e. The summed E-state index contributed by atoms with van der Waals surface area (Å²) in [5, 5.41) is 0.359. The first-order valence-corrected chi connectivity index (χ1v) is 7.30. The number of halogens is 4. The number of hydrogen-bond donors (Lipinski definition) is 1. The van der Waals surface area contributed by atoms with Crippen LogP contribution in [0.3, 0.4) is 0 Å². The van der Waals surface area contributed by atoms with Gasteiger partial charge >= 0.3 is 6.18 Å². The number of benzene rings is 2. The summed E-state index contributed by atoms with van der Waals surface area (Å²) in [7, 11) is -3.18. The Morgan fingerprint density at radius 3 is 2.38 bits per heavy atom. The molecular formula is C14H9ClF3O2S. The first kappa shape index (κ1) is 15.9.